The highest BCUT2D eigenvalue weighted by Crippen LogP contribution is 2.42. The van der Waals surface area contributed by atoms with Crippen LogP contribution in [-0.4, -0.2) is 72.4 Å². The first-order chi connectivity index (χ1) is 19.0. The van der Waals surface area contributed by atoms with E-state index in [2.05, 4.69) is 39.5 Å². The molecule has 3 aliphatic heterocycles. The van der Waals surface area contributed by atoms with Gasteiger partial charge in [0.1, 0.15) is 0 Å². The monoisotopic (exact) mass is 536 g/mol. The van der Waals surface area contributed by atoms with Gasteiger partial charge in [0.2, 0.25) is 0 Å². The number of hydrogen-bond donors (Lipinski definition) is 3. The van der Waals surface area contributed by atoms with Crippen molar-refractivity contribution in [3.8, 4) is 0 Å². The molecule has 0 aliphatic carbocycles. The van der Waals surface area contributed by atoms with Crippen LogP contribution in [0.15, 0.2) is 48.5 Å². The van der Waals surface area contributed by atoms with Crippen LogP contribution in [0.2, 0.25) is 0 Å². The number of hydrogen-bond acceptors (Lipinski definition) is 6. The fourth-order valence-electron chi connectivity index (χ4n) is 6.22. The van der Waals surface area contributed by atoms with Gasteiger partial charge in [-0.3, -0.25) is 4.90 Å². The number of ether oxygens (including phenoxy) is 2. The Kier molecular flexibility index (Phi) is 9.53. The molecule has 2 amide bonds. The summed E-state index contributed by atoms with van der Waals surface area (Å²) >= 11 is 0. The number of benzene rings is 2. The molecule has 2 aromatic carbocycles. The minimum absolute atomic E-state index is 0.0126. The predicted octanol–water partition coefficient (Wildman–Crippen LogP) is 4.67. The third-order valence-corrected chi connectivity index (χ3v) is 8.48. The van der Waals surface area contributed by atoms with Gasteiger partial charge in [0.05, 0.1) is 18.8 Å². The Hall–Kier alpha value is -2.49. The fourth-order valence-corrected chi connectivity index (χ4v) is 6.22. The number of rotatable bonds is 9. The quantitative estimate of drug-likeness (QED) is 0.432. The molecule has 8 heteroatoms. The zero-order valence-corrected chi connectivity index (χ0v) is 23.4. The summed E-state index contributed by atoms with van der Waals surface area (Å²) < 4.78 is 13.3. The number of carbonyl (C=O) groups is 1. The Labute approximate surface area is 232 Å². The highest BCUT2D eigenvalue weighted by molar-refractivity contribution is 5.89. The van der Waals surface area contributed by atoms with E-state index in [1.54, 1.807) is 0 Å². The van der Waals surface area contributed by atoms with Crippen molar-refractivity contribution in [3.05, 3.63) is 65.2 Å². The van der Waals surface area contributed by atoms with Crippen molar-refractivity contribution in [3.63, 3.8) is 0 Å². The smallest absolute Gasteiger partial charge is 0.319 e. The maximum absolute atomic E-state index is 11.9. The third-order valence-electron chi connectivity index (χ3n) is 8.48. The topological polar surface area (TPSA) is 86.3 Å². The van der Waals surface area contributed by atoms with Crippen LogP contribution < -0.4 is 10.6 Å². The Morgan fingerprint density at radius 3 is 2.36 bits per heavy atom. The second-order valence-electron chi connectivity index (χ2n) is 11.2. The average Bonchev–Trinajstić information content (AvgIpc) is 3.63. The van der Waals surface area contributed by atoms with E-state index < -0.39 is 6.29 Å². The molecule has 0 saturated carbocycles. The number of nitrogens with zero attached hydrogens (tertiary/aromatic N) is 2. The molecule has 3 aliphatic rings. The van der Waals surface area contributed by atoms with Gasteiger partial charge in [0.15, 0.2) is 6.29 Å². The van der Waals surface area contributed by atoms with E-state index in [1.165, 1.54) is 38.8 Å². The van der Waals surface area contributed by atoms with Crippen molar-refractivity contribution >= 4 is 11.7 Å². The van der Waals surface area contributed by atoms with Crippen molar-refractivity contribution in [1.82, 2.24) is 15.1 Å². The summed E-state index contributed by atoms with van der Waals surface area (Å²) in [7, 11) is 0. The molecule has 3 fully saturated rings. The fraction of sp³-hybridized carbons (Fsp3) is 0.581. The molecule has 0 radical (unpaired) electrons. The number of urea groups is 1. The number of carbonyl (C=O) groups excluding carboxylic acids is 1. The van der Waals surface area contributed by atoms with E-state index in [0.717, 1.165) is 42.0 Å². The van der Waals surface area contributed by atoms with E-state index >= 15 is 0 Å². The van der Waals surface area contributed by atoms with Gasteiger partial charge in [0, 0.05) is 42.8 Å². The van der Waals surface area contributed by atoms with Gasteiger partial charge in [-0.05, 0) is 75.5 Å². The molecule has 8 nitrogen and oxygen atoms in total. The number of amides is 2. The standard InChI is InChI=1S/C31H44N4O4/c1-3-32-31(37)33-26-14-12-25(13-15-26)30-38-28(20-35-18-6-7-27(35)19-34-16-4-5-17-34)22(2)29(39-30)24-10-8-23(21-36)9-11-24/h8-15,22,27-30,36H,3-7,16-21H2,1-2H3,(H2,32,33,37)/t22-,27+,28+,29+,30+/m1/s1. The third kappa shape index (κ3) is 6.99. The summed E-state index contributed by atoms with van der Waals surface area (Å²) in [4.78, 5) is 17.2. The Morgan fingerprint density at radius 2 is 1.67 bits per heavy atom. The summed E-state index contributed by atoms with van der Waals surface area (Å²) in [6.45, 7) is 10.4. The zero-order chi connectivity index (χ0) is 27.2. The van der Waals surface area contributed by atoms with E-state index in [4.69, 9.17) is 9.47 Å². The van der Waals surface area contributed by atoms with Crippen LogP contribution in [0.25, 0.3) is 0 Å². The molecule has 212 valence electrons. The average molecular weight is 537 g/mol. The molecule has 2 aromatic rings. The van der Waals surface area contributed by atoms with Gasteiger partial charge < -0.3 is 30.1 Å². The summed E-state index contributed by atoms with van der Waals surface area (Å²) in [5.74, 6) is 0.160. The lowest BCUT2D eigenvalue weighted by Gasteiger charge is -2.43. The lowest BCUT2D eigenvalue weighted by Crippen LogP contribution is -2.48. The van der Waals surface area contributed by atoms with Crippen molar-refractivity contribution in [2.75, 3.05) is 44.6 Å². The molecule has 5 rings (SSSR count). The van der Waals surface area contributed by atoms with Crippen LogP contribution in [0.1, 0.15) is 68.6 Å². The predicted molar refractivity (Wildman–Crippen MR) is 152 cm³/mol. The molecule has 0 unspecified atom stereocenters. The van der Waals surface area contributed by atoms with Crippen LogP contribution in [0.4, 0.5) is 10.5 Å². The second kappa shape index (κ2) is 13.2. The molecular formula is C31H44N4O4. The van der Waals surface area contributed by atoms with E-state index in [0.29, 0.717) is 12.6 Å². The number of aliphatic hydroxyl groups excluding tert-OH is 1. The molecule has 3 heterocycles. The maximum atomic E-state index is 11.9. The lowest BCUT2D eigenvalue weighted by molar-refractivity contribution is -0.276. The minimum atomic E-state index is -0.508. The van der Waals surface area contributed by atoms with Gasteiger partial charge in [0.25, 0.3) is 0 Å². The van der Waals surface area contributed by atoms with Crippen LogP contribution in [0.3, 0.4) is 0 Å². The first kappa shape index (κ1) is 28.1. The number of likely N-dealkylation sites (tertiary alicyclic amines) is 2. The highest BCUT2D eigenvalue weighted by Gasteiger charge is 2.40. The van der Waals surface area contributed by atoms with Gasteiger partial charge in [-0.1, -0.05) is 43.3 Å². The van der Waals surface area contributed by atoms with Gasteiger partial charge in [-0.15, -0.1) is 0 Å². The Balaban J connectivity index is 1.33. The van der Waals surface area contributed by atoms with Gasteiger partial charge >= 0.3 is 6.03 Å². The summed E-state index contributed by atoms with van der Waals surface area (Å²) in [5.41, 5.74) is 3.65. The van der Waals surface area contributed by atoms with Gasteiger partial charge in [-0.25, -0.2) is 4.79 Å². The van der Waals surface area contributed by atoms with E-state index in [-0.39, 0.29) is 30.8 Å². The summed E-state index contributed by atoms with van der Waals surface area (Å²) in [6, 6.07) is 16.2. The van der Waals surface area contributed by atoms with E-state index in [9.17, 15) is 9.90 Å². The lowest BCUT2D eigenvalue weighted by atomic mass is 9.90. The number of aliphatic hydroxyl groups is 1. The van der Waals surface area contributed by atoms with Crippen molar-refractivity contribution in [2.24, 2.45) is 5.92 Å². The summed E-state index contributed by atoms with van der Waals surface area (Å²) in [5, 5.41) is 15.1. The number of anilines is 1. The largest absolute Gasteiger partial charge is 0.392 e. The molecule has 3 saturated heterocycles. The SMILES string of the molecule is CCNC(=O)Nc1ccc([C@H]2O[C@@H](CN3CCC[C@H]3CN3CCCC3)[C@@H](C)[C@@H](c3ccc(CO)cc3)O2)cc1. The molecule has 0 aromatic heterocycles. The van der Waals surface area contributed by atoms with Gasteiger partial charge in [-0.2, -0.15) is 0 Å². The van der Waals surface area contributed by atoms with Crippen LogP contribution >= 0.6 is 0 Å². The molecule has 3 N–H and O–H groups in total. The zero-order valence-electron chi connectivity index (χ0n) is 23.4. The summed E-state index contributed by atoms with van der Waals surface area (Å²) in [6.07, 6.45) is 4.51. The van der Waals surface area contributed by atoms with Crippen LogP contribution in [0, 0.1) is 5.92 Å². The Morgan fingerprint density at radius 1 is 0.949 bits per heavy atom. The van der Waals surface area contributed by atoms with Crippen LogP contribution in [0.5, 0.6) is 0 Å². The first-order valence-corrected chi connectivity index (χ1v) is 14.7. The normalized spacial score (nSPS) is 28.0. The molecule has 0 spiro atoms. The number of nitrogens with one attached hydrogen (secondary N) is 2. The molecular weight excluding hydrogens is 492 g/mol. The highest BCUT2D eigenvalue weighted by atomic mass is 16.7. The Bertz CT molecular complexity index is 1060. The molecule has 5 atom stereocenters. The van der Waals surface area contributed by atoms with Crippen molar-refractivity contribution < 1.29 is 19.4 Å². The minimum Gasteiger partial charge on any atom is -0.392 e. The van der Waals surface area contributed by atoms with E-state index in [1.807, 2.05) is 43.3 Å². The maximum Gasteiger partial charge on any atom is 0.319 e. The first-order valence-electron chi connectivity index (χ1n) is 14.7. The van der Waals surface area contributed by atoms with Crippen molar-refractivity contribution in [2.45, 2.75) is 70.7 Å². The van der Waals surface area contributed by atoms with Crippen LogP contribution in [-0.2, 0) is 16.1 Å². The second-order valence-corrected chi connectivity index (χ2v) is 11.2. The molecule has 0 bridgehead atoms. The molecule has 39 heavy (non-hydrogen) atoms. The van der Waals surface area contributed by atoms with Crippen molar-refractivity contribution in [1.29, 1.82) is 0 Å².